The van der Waals surface area contributed by atoms with Gasteiger partial charge >= 0.3 is 0 Å². The third-order valence-corrected chi connectivity index (χ3v) is 8.42. The number of hydrogen-bond acceptors (Lipinski definition) is 4. The molecule has 1 aromatic heterocycles. The Hall–Kier alpha value is -3.19. The topological polar surface area (TPSA) is 70.5 Å². The molecule has 3 heterocycles. The second-order valence-corrected chi connectivity index (χ2v) is 10.8. The molecule has 0 aliphatic carbocycles. The van der Waals surface area contributed by atoms with Crippen molar-refractivity contribution in [3.05, 3.63) is 66.0 Å². The van der Waals surface area contributed by atoms with Crippen LogP contribution in [-0.2, 0) is 9.59 Å². The predicted octanol–water partition coefficient (Wildman–Crippen LogP) is 4.63. The summed E-state index contributed by atoms with van der Waals surface area (Å²) < 4.78 is 2.48. The number of nitrogens with one attached hydrogen (secondary N) is 1. The average Bonchev–Trinajstić information content (AvgIpc) is 3.35. The molecule has 0 radical (unpaired) electrons. The number of aryl methyl sites for hydroxylation is 1. The van der Waals surface area contributed by atoms with Crippen molar-refractivity contribution in [1.82, 2.24) is 24.7 Å². The van der Waals surface area contributed by atoms with Crippen LogP contribution in [0.5, 0.6) is 0 Å². The Morgan fingerprint density at radius 1 is 1.03 bits per heavy atom. The monoisotopic (exact) mass is 501 g/mol. The fraction of sp³-hybridized carbons (Fsp3) is 0.500. The second kappa shape index (κ2) is 11.1. The molecule has 4 atom stereocenters. The van der Waals surface area contributed by atoms with Crippen LogP contribution in [0.2, 0.25) is 0 Å². The SMILES string of the molecule is CC(=O)N(C)CCC(=O)N[C@@H](CCN1[C@@H]2CC[C@H]1C[C@H](n1c(C)nc3ccccc31)C2)c1ccccc1. The Balaban J connectivity index is 1.24. The summed E-state index contributed by atoms with van der Waals surface area (Å²) in [6, 6.07) is 20.4. The standard InChI is InChI=1S/C30H39N5O2/c1-21-31-28-11-7-8-12-29(28)35(21)26-19-24-13-14-25(20-26)34(24)18-15-27(23-9-5-4-6-10-23)32-30(37)16-17-33(3)22(2)36/h4-12,24-27H,13-20H2,1-3H3,(H,32,37)/t24-,25+,26-,27-/m0/s1. The number of aromatic nitrogens is 2. The highest BCUT2D eigenvalue weighted by molar-refractivity contribution is 5.78. The van der Waals surface area contributed by atoms with Crippen molar-refractivity contribution >= 4 is 22.8 Å². The van der Waals surface area contributed by atoms with Crippen LogP contribution >= 0.6 is 0 Å². The number of para-hydroxylation sites is 2. The van der Waals surface area contributed by atoms with Gasteiger partial charge in [-0.25, -0.2) is 4.98 Å². The zero-order valence-electron chi connectivity index (χ0n) is 22.3. The fourth-order valence-corrected chi connectivity index (χ4v) is 6.43. The lowest BCUT2D eigenvalue weighted by molar-refractivity contribution is -0.128. The maximum atomic E-state index is 12.8. The summed E-state index contributed by atoms with van der Waals surface area (Å²) in [5.74, 6) is 1.08. The van der Waals surface area contributed by atoms with E-state index < -0.39 is 0 Å². The normalized spacial score (nSPS) is 22.2. The summed E-state index contributed by atoms with van der Waals surface area (Å²) >= 11 is 0. The van der Waals surface area contributed by atoms with Crippen molar-refractivity contribution in [3.63, 3.8) is 0 Å². The minimum absolute atomic E-state index is 0.00825. The molecule has 37 heavy (non-hydrogen) atoms. The molecule has 0 unspecified atom stereocenters. The van der Waals surface area contributed by atoms with E-state index in [2.05, 4.69) is 58.1 Å². The van der Waals surface area contributed by atoms with Crippen LogP contribution in [0, 0.1) is 6.92 Å². The van der Waals surface area contributed by atoms with E-state index >= 15 is 0 Å². The number of carbonyl (C=O) groups is 2. The van der Waals surface area contributed by atoms with Crippen LogP contribution in [0.4, 0.5) is 0 Å². The van der Waals surface area contributed by atoms with E-state index in [-0.39, 0.29) is 17.9 Å². The van der Waals surface area contributed by atoms with Crippen LogP contribution in [0.25, 0.3) is 11.0 Å². The van der Waals surface area contributed by atoms with Gasteiger partial charge in [0.2, 0.25) is 11.8 Å². The van der Waals surface area contributed by atoms with Crippen LogP contribution in [0.3, 0.4) is 0 Å². The molecule has 2 amide bonds. The largest absolute Gasteiger partial charge is 0.349 e. The molecule has 2 bridgehead atoms. The van der Waals surface area contributed by atoms with Crippen LogP contribution < -0.4 is 5.32 Å². The zero-order valence-corrected chi connectivity index (χ0v) is 22.3. The Bertz CT molecular complexity index is 1230. The first-order chi connectivity index (χ1) is 17.9. The van der Waals surface area contributed by atoms with Gasteiger partial charge in [0, 0.05) is 51.6 Å². The smallest absolute Gasteiger partial charge is 0.222 e. The van der Waals surface area contributed by atoms with E-state index in [0.29, 0.717) is 31.1 Å². The summed E-state index contributed by atoms with van der Waals surface area (Å²) in [7, 11) is 1.73. The first kappa shape index (κ1) is 25.5. The summed E-state index contributed by atoms with van der Waals surface area (Å²) in [6.45, 7) is 5.07. The summed E-state index contributed by atoms with van der Waals surface area (Å²) in [5, 5.41) is 3.26. The molecule has 2 aliphatic heterocycles. The average molecular weight is 502 g/mol. The number of imidazole rings is 1. The zero-order chi connectivity index (χ0) is 25.9. The molecule has 196 valence electrons. The maximum Gasteiger partial charge on any atom is 0.222 e. The van der Waals surface area contributed by atoms with Gasteiger partial charge in [0.1, 0.15) is 5.82 Å². The van der Waals surface area contributed by atoms with E-state index in [1.807, 2.05) is 18.2 Å². The van der Waals surface area contributed by atoms with Gasteiger partial charge in [-0.05, 0) is 56.7 Å². The third-order valence-electron chi connectivity index (χ3n) is 8.42. The Labute approximate surface area is 219 Å². The van der Waals surface area contributed by atoms with E-state index in [1.54, 1.807) is 11.9 Å². The molecule has 3 aromatic rings. The first-order valence-electron chi connectivity index (χ1n) is 13.7. The molecule has 1 N–H and O–H groups in total. The van der Waals surface area contributed by atoms with Crippen molar-refractivity contribution in [1.29, 1.82) is 0 Å². The van der Waals surface area contributed by atoms with Crippen LogP contribution in [-0.4, -0.2) is 63.4 Å². The van der Waals surface area contributed by atoms with E-state index in [0.717, 1.165) is 42.7 Å². The minimum atomic E-state index is -0.0340. The fourth-order valence-electron chi connectivity index (χ4n) is 6.43. The molecular weight excluding hydrogens is 462 g/mol. The Kier molecular flexibility index (Phi) is 7.60. The molecule has 2 fully saturated rings. The Morgan fingerprint density at radius 2 is 1.70 bits per heavy atom. The van der Waals surface area contributed by atoms with E-state index in [9.17, 15) is 9.59 Å². The summed E-state index contributed by atoms with van der Waals surface area (Å²) in [6.07, 6.45) is 5.98. The van der Waals surface area contributed by atoms with Crippen molar-refractivity contribution in [3.8, 4) is 0 Å². The van der Waals surface area contributed by atoms with E-state index in [1.165, 1.54) is 25.3 Å². The van der Waals surface area contributed by atoms with Gasteiger partial charge in [-0.15, -0.1) is 0 Å². The van der Waals surface area contributed by atoms with Gasteiger partial charge in [0.15, 0.2) is 0 Å². The quantitative estimate of drug-likeness (QED) is 0.464. The molecule has 5 rings (SSSR count). The van der Waals surface area contributed by atoms with Gasteiger partial charge in [0.25, 0.3) is 0 Å². The molecule has 7 nitrogen and oxygen atoms in total. The van der Waals surface area contributed by atoms with Crippen LogP contribution in [0.15, 0.2) is 54.6 Å². The number of nitrogens with zero attached hydrogens (tertiary/aromatic N) is 4. The predicted molar refractivity (Wildman–Crippen MR) is 146 cm³/mol. The lowest BCUT2D eigenvalue weighted by Crippen LogP contribution is -2.45. The number of hydrogen-bond donors (Lipinski definition) is 1. The van der Waals surface area contributed by atoms with Crippen molar-refractivity contribution in [2.24, 2.45) is 0 Å². The van der Waals surface area contributed by atoms with Gasteiger partial charge in [-0.3, -0.25) is 14.5 Å². The highest BCUT2D eigenvalue weighted by Gasteiger charge is 2.41. The maximum absolute atomic E-state index is 12.8. The molecule has 0 saturated carbocycles. The van der Waals surface area contributed by atoms with Crippen molar-refractivity contribution in [2.75, 3.05) is 20.1 Å². The Morgan fingerprint density at radius 3 is 2.41 bits per heavy atom. The first-order valence-corrected chi connectivity index (χ1v) is 13.7. The molecule has 2 aliphatic rings. The molecule has 0 spiro atoms. The van der Waals surface area contributed by atoms with Gasteiger partial charge in [-0.2, -0.15) is 0 Å². The summed E-state index contributed by atoms with van der Waals surface area (Å²) in [5.41, 5.74) is 3.48. The van der Waals surface area contributed by atoms with Crippen molar-refractivity contribution < 1.29 is 9.59 Å². The number of benzene rings is 2. The number of amides is 2. The molecular formula is C30H39N5O2. The molecule has 7 heteroatoms. The number of fused-ring (bicyclic) bond motifs is 3. The van der Waals surface area contributed by atoms with Gasteiger partial charge in [-0.1, -0.05) is 42.5 Å². The molecule has 2 aromatic carbocycles. The third kappa shape index (κ3) is 5.57. The van der Waals surface area contributed by atoms with E-state index in [4.69, 9.17) is 4.98 Å². The highest BCUT2D eigenvalue weighted by Crippen LogP contribution is 2.42. The minimum Gasteiger partial charge on any atom is -0.349 e. The summed E-state index contributed by atoms with van der Waals surface area (Å²) in [4.78, 5) is 33.4. The number of carbonyl (C=O) groups excluding carboxylic acids is 2. The van der Waals surface area contributed by atoms with Gasteiger partial charge in [0.05, 0.1) is 17.1 Å². The number of rotatable bonds is 9. The lowest BCUT2D eigenvalue weighted by Gasteiger charge is -2.40. The van der Waals surface area contributed by atoms with Gasteiger partial charge < -0.3 is 14.8 Å². The molecule has 2 saturated heterocycles. The number of piperidine rings is 1. The van der Waals surface area contributed by atoms with Crippen LogP contribution in [0.1, 0.15) is 68.9 Å². The van der Waals surface area contributed by atoms with Crippen molar-refractivity contribution in [2.45, 2.75) is 76.5 Å². The second-order valence-electron chi connectivity index (χ2n) is 10.8. The lowest BCUT2D eigenvalue weighted by atomic mass is 9.95. The highest BCUT2D eigenvalue weighted by atomic mass is 16.2.